The third-order valence-electron chi connectivity index (χ3n) is 1.91. The highest BCUT2D eigenvalue weighted by Gasteiger charge is 2.17. The predicted molar refractivity (Wildman–Crippen MR) is 57.9 cm³/mol. The second-order valence-electron chi connectivity index (χ2n) is 2.93. The van der Waals surface area contributed by atoms with Gasteiger partial charge in [-0.2, -0.15) is 0 Å². The Hall–Kier alpha value is -1.13. The van der Waals surface area contributed by atoms with E-state index in [1.165, 1.54) is 12.1 Å². The van der Waals surface area contributed by atoms with Crippen LogP contribution in [0.1, 0.15) is 15.9 Å². The van der Waals surface area contributed by atoms with Crippen molar-refractivity contribution >= 4 is 34.7 Å². The molecule has 0 atom stereocenters. The Morgan fingerprint density at radius 2 is 2.13 bits per heavy atom. The lowest BCUT2D eigenvalue weighted by molar-refractivity contribution is -0.384. The first-order valence-electron chi connectivity index (χ1n) is 4.01. The van der Waals surface area contributed by atoms with Gasteiger partial charge in [-0.25, -0.2) is 0 Å². The molecule has 0 radical (unpaired) electrons. The van der Waals surface area contributed by atoms with Gasteiger partial charge in [0.05, 0.1) is 10.8 Å². The number of Topliss-reactive ketones (excluding diaryl/α,β-unsaturated/α-hetero) is 1. The molecule has 4 nitrogen and oxygen atoms in total. The van der Waals surface area contributed by atoms with Gasteiger partial charge >= 0.3 is 0 Å². The summed E-state index contributed by atoms with van der Waals surface area (Å²) in [5, 5.41) is 10.5. The zero-order valence-electron chi connectivity index (χ0n) is 7.79. The van der Waals surface area contributed by atoms with Gasteiger partial charge in [0.25, 0.3) is 5.69 Å². The molecular formula is C9H7Cl2NO3. The van der Waals surface area contributed by atoms with Crippen molar-refractivity contribution in [2.24, 2.45) is 0 Å². The third kappa shape index (κ3) is 2.46. The number of nitrogens with zero attached hydrogens (tertiary/aromatic N) is 1. The van der Waals surface area contributed by atoms with Gasteiger partial charge in [0.1, 0.15) is 5.02 Å². The molecule has 0 aromatic heterocycles. The number of rotatable bonds is 3. The third-order valence-corrected chi connectivity index (χ3v) is 2.46. The number of halogens is 2. The second-order valence-corrected chi connectivity index (χ2v) is 3.61. The summed E-state index contributed by atoms with van der Waals surface area (Å²) in [7, 11) is 0. The Labute approximate surface area is 95.9 Å². The summed E-state index contributed by atoms with van der Waals surface area (Å²) >= 11 is 11.0. The zero-order valence-corrected chi connectivity index (χ0v) is 9.30. The maximum Gasteiger partial charge on any atom is 0.288 e. The van der Waals surface area contributed by atoms with Crippen LogP contribution in [0.15, 0.2) is 12.1 Å². The van der Waals surface area contributed by atoms with Crippen LogP contribution in [0.2, 0.25) is 5.02 Å². The van der Waals surface area contributed by atoms with Gasteiger partial charge in [-0.3, -0.25) is 14.9 Å². The van der Waals surface area contributed by atoms with E-state index in [0.29, 0.717) is 11.1 Å². The number of aryl methyl sites for hydroxylation is 1. The van der Waals surface area contributed by atoms with Gasteiger partial charge in [0.2, 0.25) is 0 Å². The molecule has 0 heterocycles. The van der Waals surface area contributed by atoms with Crippen LogP contribution in [0.5, 0.6) is 0 Å². The van der Waals surface area contributed by atoms with Crippen LogP contribution in [0.25, 0.3) is 0 Å². The molecule has 15 heavy (non-hydrogen) atoms. The normalized spacial score (nSPS) is 10.1. The summed E-state index contributed by atoms with van der Waals surface area (Å²) in [4.78, 5) is 21.2. The highest BCUT2D eigenvalue weighted by atomic mass is 35.5. The summed E-state index contributed by atoms with van der Waals surface area (Å²) in [6.45, 7) is 1.60. The van der Waals surface area contributed by atoms with Crippen LogP contribution < -0.4 is 0 Å². The van der Waals surface area contributed by atoms with Crippen LogP contribution in [-0.4, -0.2) is 16.6 Å². The fourth-order valence-electron chi connectivity index (χ4n) is 1.18. The van der Waals surface area contributed by atoms with E-state index in [-0.39, 0.29) is 22.4 Å². The average molecular weight is 248 g/mol. The monoisotopic (exact) mass is 247 g/mol. The van der Waals surface area contributed by atoms with E-state index < -0.39 is 4.92 Å². The smallest absolute Gasteiger partial charge is 0.288 e. The summed E-state index contributed by atoms with van der Waals surface area (Å²) in [6, 6.07) is 2.54. The molecule has 0 aliphatic heterocycles. The molecule has 80 valence electrons. The van der Waals surface area contributed by atoms with Gasteiger partial charge in [-0.15, -0.1) is 11.6 Å². The van der Waals surface area contributed by atoms with Crippen molar-refractivity contribution in [3.63, 3.8) is 0 Å². The van der Waals surface area contributed by atoms with Crippen molar-refractivity contribution in [1.82, 2.24) is 0 Å². The van der Waals surface area contributed by atoms with Crippen molar-refractivity contribution in [3.8, 4) is 0 Å². The Morgan fingerprint density at radius 1 is 1.53 bits per heavy atom. The predicted octanol–water partition coefficient (Wildman–Crippen LogP) is 2.98. The number of nitro benzene ring substituents is 1. The minimum Gasteiger partial charge on any atom is -0.293 e. The molecule has 0 saturated heterocycles. The van der Waals surface area contributed by atoms with Gasteiger partial charge in [-0.05, 0) is 18.6 Å². The zero-order chi connectivity index (χ0) is 11.6. The molecule has 6 heteroatoms. The quantitative estimate of drug-likeness (QED) is 0.357. The molecular weight excluding hydrogens is 241 g/mol. The Morgan fingerprint density at radius 3 is 2.60 bits per heavy atom. The Bertz CT molecular complexity index is 432. The van der Waals surface area contributed by atoms with E-state index >= 15 is 0 Å². The van der Waals surface area contributed by atoms with Crippen LogP contribution in [-0.2, 0) is 0 Å². The molecule has 0 aliphatic carbocycles. The second kappa shape index (κ2) is 4.59. The molecule has 0 saturated carbocycles. The van der Waals surface area contributed by atoms with E-state index in [1.54, 1.807) is 6.92 Å². The molecule has 0 aliphatic rings. The van der Waals surface area contributed by atoms with Gasteiger partial charge < -0.3 is 0 Å². The summed E-state index contributed by atoms with van der Waals surface area (Å²) in [5.41, 5.74) is 0.609. The molecule has 0 amide bonds. The number of benzene rings is 1. The fourth-order valence-corrected chi connectivity index (χ4v) is 1.56. The molecule has 1 aromatic rings. The number of hydrogen-bond acceptors (Lipinski definition) is 3. The number of carbonyl (C=O) groups is 1. The lowest BCUT2D eigenvalue weighted by Crippen LogP contribution is -2.04. The standard InChI is InChI=1S/C9H7Cl2NO3/c1-5-2-8(12(14)15)7(11)3-6(5)9(13)4-10/h2-3H,4H2,1H3. The van der Waals surface area contributed by atoms with Crippen molar-refractivity contribution in [3.05, 3.63) is 38.4 Å². The number of carbonyl (C=O) groups excluding carboxylic acids is 1. The summed E-state index contributed by atoms with van der Waals surface area (Å²) in [6.07, 6.45) is 0. The van der Waals surface area contributed by atoms with Crippen molar-refractivity contribution < 1.29 is 9.72 Å². The van der Waals surface area contributed by atoms with Crippen molar-refractivity contribution in [2.45, 2.75) is 6.92 Å². The molecule has 0 spiro atoms. The van der Waals surface area contributed by atoms with Crippen LogP contribution in [0, 0.1) is 17.0 Å². The molecule has 1 rings (SSSR count). The SMILES string of the molecule is Cc1cc([N+](=O)[O-])c(Cl)cc1C(=O)CCl. The number of alkyl halides is 1. The Balaban J connectivity index is 3.31. The molecule has 1 aromatic carbocycles. The first-order chi connectivity index (χ1) is 6.97. The molecule has 0 fully saturated rings. The van der Waals surface area contributed by atoms with Crippen molar-refractivity contribution in [1.29, 1.82) is 0 Å². The largest absolute Gasteiger partial charge is 0.293 e. The number of hydrogen-bond donors (Lipinski definition) is 0. The lowest BCUT2D eigenvalue weighted by atomic mass is 10.0. The van der Waals surface area contributed by atoms with Gasteiger partial charge in [0, 0.05) is 11.6 Å². The minimum atomic E-state index is -0.593. The summed E-state index contributed by atoms with van der Waals surface area (Å²) in [5.74, 6) is -0.472. The highest BCUT2D eigenvalue weighted by Crippen LogP contribution is 2.28. The van der Waals surface area contributed by atoms with Crippen LogP contribution >= 0.6 is 23.2 Å². The van der Waals surface area contributed by atoms with E-state index in [0.717, 1.165) is 0 Å². The molecule has 0 bridgehead atoms. The molecule has 0 unspecified atom stereocenters. The average Bonchev–Trinajstić information content (AvgIpc) is 2.19. The first kappa shape index (κ1) is 11.9. The maximum atomic E-state index is 11.3. The number of nitro groups is 1. The molecule has 0 N–H and O–H groups in total. The van der Waals surface area contributed by atoms with Gasteiger partial charge in [0.15, 0.2) is 5.78 Å². The Kier molecular flexibility index (Phi) is 3.66. The van der Waals surface area contributed by atoms with Crippen molar-refractivity contribution in [2.75, 3.05) is 5.88 Å². The van der Waals surface area contributed by atoms with E-state index in [2.05, 4.69) is 0 Å². The van der Waals surface area contributed by atoms with E-state index in [1.807, 2.05) is 0 Å². The number of ketones is 1. The first-order valence-corrected chi connectivity index (χ1v) is 4.92. The van der Waals surface area contributed by atoms with Crippen LogP contribution in [0.3, 0.4) is 0 Å². The topological polar surface area (TPSA) is 60.2 Å². The maximum absolute atomic E-state index is 11.3. The highest BCUT2D eigenvalue weighted by molar-refractivity contribution is 6.34. The van der Waals surface area contributed by atoms with Gasteiger partial charge in [-0.1, -0.05) is 11.6 Å². The summed E-state index contributed by atoms with van der Waals surface area (Å²) < 4.78 is 0. The van der Waals surface area contributed by atoms with Crippen LogP contribution in [0.4, 0.5) is 5.69 Å². The lowest BCUT2D eigenvalue weighted by Gasteiger charge is -2.03. The minimum absolute atomic E-state index is 0.0564. The van der Waals surface area contributed by atoms with E-state index in [4.69, 9.17) is 23.2 Å². The fraction of sp³-hybridized carbons (Fsp3) is 0.222. The van der Waals surface area contributed by atoms with E-state index in [9.17, 15) is 14.9 Å².